The first-order chi connectivity index (χ1) is 10.2. The Morgan fingerprint density at radius 2 is 1.81 bits per heavy atom. The number of nitrogens with zero attached hydrogens (tertiary/aromatic N) is 1. The molecule has 2 aromatic carbocycles. The zero-order chi connectivity index (χ0) is 14.8. The Bertz CT molecular complexity index is 705. The maximum absolute atomic E-state index is 8.92. The summed E-state index contributed by atoms with van der Waals surface area (Å²) in [5.41, 5.74) is 16.1. The molecule has 3 rings (SSSR count). The lowest BCUT2D eigenvalue weighted by atomic mass is 9.95. The molecule has 0 aliphatic carbocycles. The fraction of sp³-hybridized carbons (Fsp3) is 0.235. The molecule has 0 aromatic heterocycles. The molecule has 4 nitrogen and oxygen atoms in total. The van der Waals surface area contributed by atoms with Crippen molar-refractivity contribution in [2.45, 2.75) is 18.5 Å². The fourth-order valence-corrected chi connectivity index (χ4v) is 2.61. The van der Waals surface area contributed by atoms with Crippen molar-refractivity contribution in [1.29, 1.82) is 5.26 Å². The van der Waals surface area contributed by atoms with Crippen LogP contribution in [0.4, 0.5) is 0 Å². The van der Waals surface area contributed by atoms with E-state index in [0.717, 1.165) is 35.5 Å². The van der Waals surface area contributed by atoms with E-state index < -0.39 is 6.04 Å². The zero-order valence-electron chi connectivity index (χ0n) is 11.6. The van der Waals surface area contributed by atoms with Gasteiger partial charge in [0.15, 0.2) is 0 Å². The van der Waals surface area contributed by atoms with Crippen molar-refractivity contribution < 1.29 is 4.74 Å². The topological polar surface area (TPSA) is 85.1 Å². The highest BCUT2D eigenvalue weighted by atomic mass is 16.5. The Balaban J connectivity index is 1.92. The molecule has 4 heteroatoms. The zero-order valence-corrected chi connectivity index (χ0v) is 11.6. The first kappa shape index (κ1) is 13.6. The number of hydrogen-bond acceptors (Lipinski definition) is 4. The van der Waals surface area contributed by atoms with Crippen molar-refractivity contribution >= 4 is 0 Å². The third-order valence-electron chi connectivity index (χ3n) is 3.84. The van der Waals surface area contributed by atoms with Gasteiger partial charge in [0, 0.05) is 6.42 Å². The van der Waals surface area contributed by atoms with Gasteiger partial charge in [0.25, 0.3) is 0 Å². The number of nitrogens with two attached hydrogens (primary N) is 2. The van der Waals surface area contributed by atoms with Crippen LogP contribution in [0.1, 0.15) is 34.3 Å². The molecule has 0 radical (unpaired) electrons. The molecule has 2 aromatic rings. The number of benzene rings is 2. The number of fused-ring (bicyclic) bond motifs is 1. The van der Waals surface area contributed by atoms with Gasteiger partial charge in [-0.05, 0) is 28.3 Å². The van der Waals surface area contributed by atoms with Gasteiger partial charge in [0.05, 0.1) is 18.7 Å². The third-order valence-corrected chi connectivity index (χ3v) is 3.84. The van der Waals surface area contributed by atoms with Gasteiger partial charge in [-0.25, -0.2) is 0 Å². The molecule has 2 atom stereocenters. The monoisotopic (exact) mass is 279 g/mol. The molecule has 0 saturated heterocycles. The van der Waals surface area contributed by atoms with Crippen molar-refractivity contribution in [2.24, 2.45) is 11.5 Å². The first-order valence-electron chi connectivity index (χ1n) is 6.95. The van der Waals surface area contributed by atoms with Crippen LogP contribution < -0.4 is 16.2 Å². The molecule has 4 N–H and O–H groups in total. The molecule has 0 saturated carbocycles. The van der Waals surface area contributed by atoms with Crippen LogP contribution in [0.15, 0.2) is 42.5 Å². The molecule has 1 aliphatic rings. The van der Waals surface area contributed by atoms with E-state index in [-0.39, 0.29) is 6.04 Å². The fourth-order valence-electron chi connectivity index (χ4n) is 2.61. The van der Waals surface area contributed by atoms with E-state index in [2.05, 4.69) is 6.07 Å². The molecule has 1 aliphatic heterocycles. The first-order valence-corrected chi connectivity index (χ1v) is 6.95. The minimum atomic E-state index is -0.620. The molecule has 0 bridgehead atoms. The summed E-state index contributed by atoms with van der Waals surface area (Å²) in [6, 6.07) is 14.9. The molecule has 1 heterocycles. The highest BCUT2D eigenvalue weighted by molar-refractivity contribution is 5.44. The van der Waals surface area contributed by atoms with Crippen molar-refractivity contribution in [1.82, 2.24) is 0 Å². The van der Waals surface area contributed by atoms with Gasteiger partial charge in [0.1, 0.15) is 11.8 Å². The van der Waals surface area contributed by atoms with Gasteiger partial charge >= 0.3 is 0 Å². The Morgan fingerprint density at radius 3 is 2.62 bits per heavy atom. The lowest BCUT2D eigenvalue weighted by molar-refractivity contribution is 0.357. The standard InChI is InChI=1S/C17H17N3O/c18-10-15(19)11-2-1-3-13(8-11)17(20)14-4-5-16-12(9-14)6-7-21-16/h1-5,8-9,15,17H,6-7,19-20H2. The lowest BCUT2D eigenvalue weighted by Crippen LogP contribution is -2.14. The van der Waals surface area contributed by atoms with Crippen LogP contribution in [0.25, 0.3) is 0 Å². The molecule has 0 fully saturated rings. The normalized spacial score (nSPS) is 15.7. The predicted octanol–water partition coefficient (Wildman–Crippen LogP) is 2.19. The number of hydrogen-bond donors (Lipinski definition) is 2. The highest BCUT2D eigenvalue weighted by Gasteiger charge is 2.16. The molecule has 0 spiro atoms. The number of rotatable bonds is 3. The number of nitriles is 1. The average Bonchev–Trinajstić information content (AvgIpc) is 3.01. The Hall–Kier alpha value is -2.35. The summed E-state index contributed by atoms with van der Waals surface area (Å²) < 4.78 is 5.51. The summed E-state index contributed by atoms with van der Waals surface area (Å²) in [5, 5.41) is 8.92. The third kappa shape index (κ3) is 2.62. The minimum Gasteiger partial charge on any atom is -0.493 e. The Labute approximate surface area is 123 Å². The summed E-state index contributed by atoms with van der Waals surface area (Å²) in [7, 11) is 0. The van der Waals surface area contributed by atoms with E-state index in [9.17, 15) is 0 Å². The smallest absolute Gasteiger partial charge is 0.122 e. The number of ether oxygens (including phenoxy) is 1. The predicted molar refractivity (Wildman–Crippen MR) is 80.7 cm³/mol. The molecular formula is C17H17N3O. The summed E-state index contributed by atoms with van der Waals surface area (Å²) in [4.78, 5) is 0. The van der Waals surface area contributed by atoms with Crippen LogP contribution in [0.3, 0.4) is 0 Å². The van der Waals surface area contributed by atoms with E-state index in [1.165, 1.54) is 5.56 Å². The van der Waals surface area contributed by atoms with E-state index in [1.807, 2.05) is 42.5 Å². The summed E-state index contributed by atoms with van der Waals surface area (Å²) in [6.07, 6.45) is 0.926. The van der Waals surface area contributed by atoms with Crippen molar-refractivity contribution in [3.8, 4) is 11.8 Å². The van der Waals surface area contributed by atoms with E-state index >= 15 is 0 Å². The second kappa shape index (κ2) is 5.57. The largest absolute Gasteiger partial charge is 0.493 e. The van der Waals surface area contributed by atoms with Gasteiger partial charge in [0.2, 0.25) is 0 Å². The molecule has 0 amide bonds. The van der Waals surface area contributed by atoms with Crippen LogP contribution in [0, 0.1) is 11.3 Å². The molecule has 106 valence electrons. The van der Waals surface area contributed by atoms with Crippen LogP contribution >= 0.6 is 0 Å². The Kier molecular flexibility index (Phi) is 3.61. The maximum atomic E-state index is 8.92. The molecule has 2 unspecified atom stereocenters. The van der Waals surface area contributed by atoms with E-state index in [1.54, 1.807) is 0 Å². The SMILES string of the molecule is N#CC(N)c1cccc(C(N)c2ccc3c(c2)CCO3)c1. The van der Waals surface area contributed by atoms with Crippen LogP contribution in [0.5, 0.6) is 5.75 Å². The second-order valence-corrected chi connectivity index (χ2v) is 5.22. The molecule has 21 heavy (non-hydrogen) atoms. The Morgan fingerprint density at radius 1 is 1.05 bits per heavy atom. The molecular weight excluding hydrogens is 262 g/mol. The van der Waals surface area contributed by atoms with Crippen LogP contribution in [-0.4, -0.2) is 6.61 Å². The van der Waals surface area contributed by atoms with Crippen molar-refractivity contribution in [2.75, 3.05) is 6.61 Å². The van der Waals surface area contributed by atoms with Gasteiger partial charge in [-0.2, -0.15) is 5.26 Å². The highest BCUT2D eigenvalue weighted by Crippen LogP contribution is 2.30. The second-order valence-electron chi connectivity index (χ2n) is 5.22. The van der Waals surface area contributed by atoms with E-state index in [4.69, 9.17) is 21.5 Å². The maximum Gasteiger partial charge on any atom is 0.122 e. The van der Waals surface area contributed by atoms with E-state index in [0.29, 0.717) is 0 Å². The lowest BCUT2D eigenvalue weighted by Gasteiger charge is -2.15. The van der Waals surface area contributed by atoms with Gasteiger partial charge in [-0.3, -0.25) is 0 Å². The van der Waals surface area contributed by atoms with Crippen molar-refractivity contribution in [3.05, 3.63) is 64.7 Å². The van der Waals surface area contributed by atoms with Crippen LogP contribution in [-0.2, 0) is 6.42 Å². The van der Waals surface area contributed by atoms with Gasteiger partial charge in [-0.15, -0.1) is 0 Å². The van der Waals surface area contributed by atoms with Crippen LogP contribution in [0.2, 0.25) is 0 Å². The van der Waals surface area contributed by atoms with Gasteiger partial charge < -0.3 is 16.2 Å². The van der Waals surface area contributed by atoms with Crippen molar-refractivity contribution in [3.63, 3.8) is 0 Å². The minimum absolute atomic E-state index is 0.234. The summed E-state index contributed by atoms with van der Waals surface area (Å²) in [6.45, 7) is 0.737. The summed E-state index contributed by atoms with van der Waals surface area (Å²) in [5.74, 6) is 0.950. The summed E-state index contributed by atoms with van der Waals surface area (Å²) >= 11 is 0. The average molecular weight is 279 g/mol. The van der Waals surface area contributed by atoms with Gasteiger partial charge in [-0.1, -0.05) is 36.4 Å². The quantitative estimate of drug-likeness (QED) is 0.902.